The van der Waals surface area contributed by atoms with Crippen molar-refractivity contribution in [2.75, 3.05) is 9.80 Å². The molecule has 0 spiro atoms. The van der Waals surface area contributed by atoms with Crippen LogP contribution in [0.25, 0.3) is 101 Å². The van der Waals surface area contributed by atoms with Gasteiger partial charge in [0.2, 0.25) is 17.7 Å². The highest BCUT2D eigenvalue weighted by molar-refractivity contribution is 9.10. The van der Waals surface area contributed by atoms with Crippen LogP contribution in [0.1, 0.15) is 57.4 Å². The quantitative estimate of drug-likeness (QED) is 0.104. The molecule has 13 heteroatoms. The predicted octanol–water partition coefficient (Wildman–Crippen LogP) is 27.8. The Labute approximate surface area is 667 Å². The fraction of sp³-hybridized carbons (Fsp3) is 0.112. The molecule has 0 N–H and O–H groups in total. The first-order chi connectivity index (χ1) is 53.4. The average Bonchev–Trinajstić information content (AvgIpc) is 1.56. The van der Waals surface area contributed by atoms with E-state index in [2.05, 4.69) is 330 Å². The summed E-state index contributed by atoms with van der Waals surface area (Å²) in [5.74, 6) is 1.93. The topological polar surface area (TPSA) is 103 Å². The molecule has 548 valence electrons. The van der Waals surface area contributed by atoms with E-state index in [0.29, 0.717) is 17.7 Å². The number of hydrogen-bond acceptors (Lipinski definition) is 10. The molecule has 0 amide bonds. The fourth-order valence-corrected chi connectivity index (χ4v) is 13.4. The third-order valence-corrected chi connectivity index (χ3v) is 21.0. The maximum atomic E-state index is 6.08. The number of para-hydroxylation sites is 6. The van der Waals surface area contributed by atoms with Gasteiger partial charge in [0.25, 0.3) is 0 Å². The van der Waals surface area contributed by atoms with Gasteiger partial charge in [-0.05, 0) is 264 Å². The van der Waals surface area contributed by atoms with Crippen molar-refractivity contribution in [3.63, 3.8) is 0 Å². The van der Waals surface area contributed by atoms with Crippen LogP contribution in [-0.4, -0.2) is 33.3 Å². The van der Waals surface area contributed by atoms with Gasteiger partial charge in [-0.25, -0.2) is 15.0 Å². The second-order valence-electron chi connectivity index (χ2n) is 28.4. The Morgan fingerprint density at radius 3 is 0.730 bits per heavy atom. The Balaban J connectivity index is 0.000000130. The lowest BCUT2D eigenvalue weighted by Crippen LogP contribution is -2.41. The lowest BCUT2D eigenvalue weighted by atomic mass is 9.79. The molecule has 14 aromatic carbocycles. The van der Waals surface area contributed by atoms with E-state index in [1.807, 2.05) is 121 Å². The number of aromatic nitrogens is 3. The molecule has 0 saturated carbocycles. The van der Waals surface area contributed by atoms with Gasteiger partial charge in [0.1, 0.15) is 16.6 Å². The third kappa shape index (κ3) is 17.7. The lowest BCUT2D eigenvalue weighted by Gasteiger charge is -2.32. The Kier molecular flexibility index (Phi) is 22.9. The molecule has 0 radical (unpaired) electrons. The Morgan fingerprint density at radius 1 is 0.261 bits per heavy atom. The second-order valence-corrected chi connectivity index (χ2v) is 30.3. The Bertz CT molecular complexity index is 5730. The standard InChI is InChI=1S/C39H30N2O.C26H22BrN.C19H20BNO3.C13H8BrNO.CH4/c1-27-7-21-34(22-8-27)41(35-23-9-28(2)10-24-35)36-25-19-32(20-26-36)30-13-11-29(12-14-30)31-15-17-33(18-16-31)39-40-37-5-3-4-6-38(37)42-39;1-19-3-13-24(14-4-19)28(25-15-5-20(2)6-16-25)26-17-9-22(10-18-26)21-7-11-23(27)12-8-21;1-18(2)19(3,4)24-20(23-18)14-11-9-13(10-12-14)17-21-15-7-5-6-8-16(15)22-17;14-10-7-5-9(6-8-10)13-15-11-3-1-2-4-12(11)16-13;/h3-26H,1-2H3;3-18H,1-2H3;5-12H,1-4H3;1-8H;1H4. The summed E-state index contributed by atoms with van der Waals surface area (Å²) in [7, 11) is -0.354. The summed E-state index contributed by atoms with van der Waals surface area (Å²) in [5.41, 5.74) is 27.3. The van der Waals surface area contributed by atoms with E-state index in [9.17, 15) is 0 Å². The minimum Gasteiger partial charge on any atom is -0.436 e. The van der Waals surface area contributed by atoms with Gasteiger partial charge in [0.15, 0.2) is 16.7 Å². The molecular weight excluding hydrogens is 1500 g/mol. The second kappa shape index (κ2) is 33.5. The van der Waals surface area contributed by atoms with Crippen molar-refractivity contribution >= 4 is 112 Å². The number of benzene rings is 14. The highest BCUT2D eigenvalue weighted by Gasteiger charge is 2.51. The van der Waals surface area contributed by atoms with Crippen molar-refractivity contribution in [1.82, 2.24) is 15.0 Å². The zero-order chi connectivity index (χ0) is 75.9. The molecule has 17 aromatic rings. The minimum atomic E-state index is -0.354. The zero-order valence-electron chi connectivity index (χ0n) is 62.4. The molecule has 1 fully saturated rings. The monoisotopic (exact) mass is 1580 g/mol. The maximum Gasteiger partial charge on any atom is 0.494 e. The van der Waals surface area contributed by atoms with Crippen LogP contribution in [-0.2, 0) is 9.31 Å². The molecule has 18 rings (SSSR count). The number of anilines is 6. The first-order valence-electron chi connectivity index (χ1n) is 36.7. The van der Waals surface area contributed by atoms with Crippen molar-refractivity contribution in [3.05, 3.63) is 371 Å². The van der Waals surface area contributed by atoms with Gasteiger partial charge < -0.3 is 32.4 Å². The van der Waals surface area contributed by atoms with E-state index >= 15 is 0 Å². The fourth-order valence-electron chi connectivity index (χ4n) is 12.9. The molecule has 10 nitrogen and oxygen atoms in total. The summed E-state index contributed by atoms with van der Waals surface area (Å²) in [6.07, 6.45) is 0. The van der Waals surface area contributed by atoms with Crippen LogP contribution in [0, 0.1) is 27.7 Å². The number of nitrogens with zero attached hydrogens (tertiary/aromatic N) is 5. The van der Waals surface area contributed by atoms with E-state index in [1.165, 1.54) is 50.1 Å². The predicted molar refractivity (Wildman–Crippen MR) is 467 cm³/mol. The SMILES string of the molecule is Brc1ccc(-c2nc3ccccc3o2)cc1.C.CC1(C)OB(c2ccc(-c3nc4ccccc4o3)cc2)OC1(C)C.Cc1ccc(N(c2ccc(C)cc2)c2ccc(-c3ccc(-c4ccc(-c5nc6ccccc6o5)cc4)cc3)cc2)cc1.Cc1ccc(N(c2ccc(C)cc2)c2ccc(-c3ccc(Br)cc3)cc2)cc1. The third-order valence-electron chi connectivity index (χ3n) is 19.9. The largest absolute Gasteiger partial charge is 0.494 e. The smallest absolute Gasteiger partial charge is 0.436 e. The van der Waals surface area contributed by atoms with Gasteiger partial charge in [-0.3, -0.25) is 0 Å². The summed E-state index contributed by atoms with van der Waals surface area (Å²) < 4.78 is 31.7. The van der Waals surface area contributed by atoms with Gasteiger partial charge in [-0.15, -0.1) is 0 Å². The molecule has 0 aliphatic carbocycles. The van der Waals surface area contributed by atoms with Gasteiger partial charge in [0, 0.05) is 59.8 Å². The Hall–Kier alpha value is -12.0. The average molecular weight is 1580 g/mol. The van der Waals surface area contributed by atoms with Crippen molar-refractivity contribution in [1.29, 1.82) is 0 Å². The minimum absolute atomic E-state index is 0. The highest BCUT2D eigenvalue weighted by Crippen LogP contribution is 2.41. The maximum absolute atomic E-state index is 6.08. The van der Waals surface area contributed by atoms with E-state index < -0.39 is 0 Å². The number of hydrogen-bond donors (Lipinski definition) is 0. The van der Waals surface area contributed by atoms with Gasteiger partial charge >= 0.3 is 7.12 Å². The molecule has 1 saturated heterocycles. The summed E-state index contributed by atoms with van der Waals surface area (Å²) in [4.78, 5) is 18.2. The molecule has 1 aliphatic heterocycles. The number of aryl methyl sites for hydroxylation is 4. The van der Waals surface area contributed by atoms with Gasteiger partial charge in [0.05, 0.1) is 11.2 Å². The van der Waals surface area contributed by atoms with Crippen molar-refractivity contribution in [3.8, 4) is 67.7 Å². The van der Waals surface area contributed by atoms with Crippen LogP contribution < -0.4 is 15.3 Å². The molecule has 111 heavy (non-hydrogen) atoms. The van der Waals surface area contributed by atoms with Crippen LogP contribution in [0.3, 0.4) is 0 Å². The number of oxazole rings is 3. The molecule has 0 bridgehead atoms. The summed E-state index contributed by atoms with van der Waals surface area (Å²) in [6, 6.07) is 117. The van der Waals surface area contributed by atoms with Crippen LogP contribution in [0.2, 0.25) is 0 Å². The summed E-state index contributed by atoms with van der Waals surface area (Å²) in [5, 5.41) is 0. The highest BCUT2D eigenvalue weighted by atomic mass is 79.9. The van der Waals surface area contributed by atoms with E-state index in [1.54, 1.807) is 0 Å². The molecule has 0 unspecified atom stereocenters. The molecule has 0 atom stereocenters. The van der Waals surface area contributed by atoms with E-state index in [0.717, 1.165) is 104 Å². The summed E-state index contributed by atoms with van der Waals surface area (Å²) in [6.45, 7) is 16.7. The molecule has 1 aliphatic rings. The molecule has 3 aromatic heterocycles. The van der Waals surface area contributed by atoms with Crippen molar-refractivity contribution in [2.24, 2.45) is 0 Å². The normalized spacial score (nSPS) is 12.6. The molecular formula is C98H84BBr2N5O5. The van der Waals surface area contributed by atoms with Gasteiger partial charge in [-0.2, -0.15) is 0 Å². The first-order valence-corrected chi connectivity index (χ1v) is 38.3. The number of fused-ring (bicyclic) bond motifs is 3. The molecule has 4 heterocycles. The van der Waals surface area contributed by atoms with Crippen LogP contribution in [0.4, 0.5) is 34.1 Å². The van der Waals surface area contributed by atoms with E-state index in [4.69, 9.17) is 22.6 Å². The van der Waals surface area contributed by atoms with E-state index in [-0.39, 0.29) is 25.7 Å². The number of halogens is 2. The van der Waals surface area contributed by atoms with Crippen molar-refractivity contribution < 1.29 is 22.6 Å². The van der Waals surface area contributed by atoms with Crippen LogP contribution in [0.5, 0.6) is 0 Å². The van der Waals surface area contributed by atoms with Crippen LogP contribution >= 0.6 is 31.9 Å². The van der Waals surface area contributed by atoms with Crippen molar-refractivity contribution in [2.45, 2.75) is 74.0 Å². The number of rotatable bonds is 13. The first kappa shape index (κ1) is 75.8. The zero-order valence-corrected chi connectivity index (χ0v) is 65.6. The Morgan fingerprint density at radius 2 is 0.468 bits per heavy atom. The van der Waals surface area contributed by atoms with Gasteiger partial charge in [-0.1, -0.05) is 231 Å². The lowest BCUT2D eigenvalue weighted by molar-refractivity contribution is 0.00578. The summed E-state index contributed by atoms with van der Waals surface area (Å²) >= 11 is 6.91. The van der Waals surface area contributed by atoms with Crippen LogP contribution in [0.15, 0.2) is 362 Å².